The number of alkyl halides is 2. The van der Waals surface area contributed by atoms with Gasteiger partial charge in [-0.1, -0.05) is 32.1 Å². The zero-order valence-electron chi connectivity index (χ0n) is 25.1. The lowest BCUT2D eigenvalue weighted by Crippen LogP contribution is -2.60. The second-order valence-electron chi connectivity index (χ2n) is 15.2. The Labute approximate surface area is 268 Å². The maximum Gasteiger partial charge on any atom is 0.408 e. The third kappa shape index (κ3) is 5.71. The van der Waals surface area contributed by atoms with Gasteiger partial charge in [0.1, 0.15) is 22.0 Å². The number of rotatable bonds is 10. The molecule has 4 N–H and O–H groups in total. The first-order valence-corrected chi connectivity index (χ1v) is 17.5. The average Bonchev–Trinajstić information content (AvgIpc) is 3.81. The van der Waals surface area contributed by atoms with Crippen LogP contribution in [0.4, 0.5) is 4.79 Å². The van der Waals surface area contributed by atoms with Crippen LogP contribution in [0.1, 0.15) is 89.9 Å². The lowest BCUT2D eigenvalue weighted by molar-refractivity contribution is -0.145. The number of nitrogens with one attached hydrogen (secondary N) is 2. The molecule has 8 aliphatic rings. The molecule has 0 radical (unpaired) electrons. The number of ketones is 1. The van der Waals surface area contributed by atoms with Crippen molar-refractivity contribution >= 4 is 52.8 Å². The number of hydrogen-bond acceptors (Lipinski definition) is 6. The fourth-order valence-electron chi connectivity index (χ4n) is 10.0. The number of amides is 4. The zero-order valence-corrected chi connectivity index (χ0v) is 26.6. The predicted octanol–water partition coefficient (Wildman–Crippen LogP) is 3.60. The number of halogens is 2. The molecule has 1 aliphatic heterocycles. The Balaban J connectivity index is 1.09. The number of carbonyl (C=O) groups excluding carboxylic acids is 5. The van der Waals surface area contributed by atoms with E-state index >= 15 is 0 Å². The summed E-state index contributed by atoms with van der Waals surface area (Å²) in [5, 5.41) is 5.71. The number of likely N-dealkylation sites (tertiary alicyclic amines) is 1. The Morgan fingerprint density at radius 1 is 0.886 bits per heavy atom. The molecule has 4 amide bonds. The van der Waals surface area contributed by atoms with Crippen LogP contribution in [0.3, 0.4) is 0 Å². The highest BCUT2D eigenvalue weighted by Crippen LogP contribution is 2.65. The van der Waals surface area contributed by atoms with E-state index in [1.165, 1.54) is 24.2 Å². The molecule has 8 fully saturated rings. The van der Waals surface area contributed by atoms with Crippen molar-refractivity contribution in [2.75, 3.05) is 6.54 Å². The maximum atomic E-state index is 14.4. The Morgan fingerprint density at radius 3 is 2.07 bits per heavy atom. The molecule has 7 saturated carbocycles. The summed E-state index contributed by atoms with van der Waals surface area (Å²) in [5.74, 6) is -1.76. The lowest BCUT2D eigenvalue weighted by Gasteiger charge is -2.55. The zero-order chi connectivity index (χ0) is 31.0. The topological polar surface area (TPSA) is 148 Å². The number of Topliss-reactive ketones (excluding diaryl/α,β-unsaturated/α-hetero) is 1. The number of carbonyl (C=O) groups is 5. The van der Waals surface area contributed by atoms with Gasteiger partial charge in [-0.25, -0.2) is 4.79 Å². The van der Waals surface area contributed by atoms with Crippen LogP contribution in [0.15, 0.2) is 0 Å². The van der Waals surface area contributed by atoms with Crippen LogP contribution in [0.5, 0.6) is 0 Å². The molecule has 10 nitrogen and oxygen atoms in total. The number of hydrogen-bond donors (Lipinski definition) is 3. The van der Waals surface area contributed by atoms with E-state index in [0.29, 0.717) is 24.2 Å². The Hall–Kier alpha value is -2.07. The molecular weight excluding hydrogens is 607 g/mol. The molecular formula is C32H44Cl2N4O6. The second-order valence-corrected chi connectivity index (χ2v) is 16.7. The van der Waals surface area contributed by atoms with E-state index in [1.54, 1.807) is 0 Å². The summed E-state index contributed by atoms with van der Waals surface area (Å²) in [6.45, 7) is 0.167. The molecule has 44 heavy (non-hydrogen) atoms. The Kier molecular flexibility index (Phi) is 7.87. The summed E-state index contributed by atoms with van der Waals surface area (Å²) in [6.07, 6.45) is 12.5. The number of nitrogens with zero attached hydrogens (tertiary/aromatic N) is 1. The van der Waals surface area contributed by atoms with Gasteiger partial charge in [0.25, 0.3) is 5.91 Å². The van der Waals surface area contributed by atoms with Crippen LogP contribution in [-0.4, -0.2) is 69.1 Å². The monoisotopic (exact) mass is 650 g/mol. The number of piperidine rings is 1. The van der Waals surface area contributed by atoms with Crippen LogP contribution >= 0.6 is 23.2 Å². The van der Waals surface area contributed by atoms with E-state index in [9.17, 15) is 24.0 Å². The van der Waals surface area contributed by atoms with Crippen molar-refractivity contribution in [3.05, 3.63) is 0 Å². The summed E-state index contributed by atoms with van der Waals surface area (Å²) < 4.78 is 5.07. The minimum Gasteiger partial charge on any atom is -0.443 e. The summed E-state index contributed by atoms with van der Waals surface area (Å²) in [7, 11) is 0. The molecule has 7 aliphatic carbocycles. The molecule has 1 saturated heterocycles. The molecule has 0 aromatic heterocycles. The van der Waals surface area contributed by atoms with Gasteiger partial charge in [0.2, 0.25) is 17.6 Å². The Bertz CT molecular complexity index is 1200. The van der Waals surface area contributed by atoms with Gasteiger partial charge in [0.15, 0.2) is 0 Å². The van der Waals surface area contributed by atoms with Gasteiger partial charge in [-0.15, -0.1) is 23.2 Å². The van der Waals surface area contributed by atoms with E-state index in [2.05, 4.69) is 10.6 Å². The van der Waals surface area contributed by atoms with Crippen molar-refractivity contribution in [1.82, 2.24) is 15.5 Å². The van der Waals surface area contributed by atoms with Gasteiger partial charge < -0.3 is 26.0 Å². The highest BCUT2D eigenvalue weighted by atomic mass is 35.5. The van der Waals surface area contributed by atoms with E-state index in [-0.39, 0.29) is 30.2 Å². The van der Waals surface area contributed by atoms with Crippen LogP contribution in [-0.2, 0) is 23.9 Å². The fourth-order valence-corrected chi connectivity index (χ4v) is 10.8. The molecule has 0 spiro atoms. The maximum absolute atomic E-state index is 14.4. The van der Waals surface area contributed by atoms with Gasteiger partial charge in [-0.05, 0) is 87.4 Å². The van der Waals surface area contributed by atoms with Gasteiger partial charge in [-0.2, -0.15) is 0 Å². The number of ether oxygens (including phenoxy) is 1. The van der Waals surface area contributed by atoms with Crippen molar-refractivity contribution in [2.45, 2.75) is 118 Å². The normalized spacial score (nSPS) is 37.9. The number of alkyl carbamates (subject to hydrolysis) is 1. The molecule has 0 aromatic rings. The number of primary amides is 1. The number of fused-ring (bicyclic) bond motifs is 1. The molecule has 0 aromatic carbocycles. The van der Waals surface area contributed by atoms with E-state index in [0.717, 1.165) is 64.2 Å². The van der Waals surface area contributed by atoms with Crippen molar-refractivity contribution in [1.29, 1.82) is 0 Å². The van der Waals surface area contributed by atoms with Crippen molar-refractivity contribution in [3.63, 3.8) is 0 Å². The van der Waals surface area contributed by atoms with E-state index in [1.807, 2.05) is 0 Å². The molecule has 3 unspecified atom stereocenters. The third-order valence-corrected chi connectivity index (χ3v) is 13.0. The number of nitrogens with two attached hydrogens (primary N) is 1. The predicted molar refractivity (Wildman–Crippen MR) is 161 cm³/mol. The lowest BCUT2D eigenvalue weighted by atomic mass is 9.54. The first-order chi connectivity index (χ1) is 20.9. The smallest absolute Gasteiger partial charge is 0.408 e. The van der Waals surface area contributed by atoms with Crippen LogP contribution in [0.2, 0.25) is 0 Å². The summed E-state index contributed by atoms with van der Waals surface area (Å²) in [4.78, 5) is 67.6. The van der Waals surface area contributed by atoms with Gasteiger partial charge >= 0.3 is 6.09 Å². The van der Waals surface area contributed by atoms with Crippen LogP contribution < -0.4 is 16.4 Å². The molecule has 4 bridgehead atoms. The summed E-state index contributed by atoms with van der Waals surface area (Å²) >= 11 is 13.1. The largest absolute Gasteiger partial charge is 0.443 e. The third-order valence-electron chi connectivity index (χ3n) is 12.0. The van der Waals surface area contributed by atoms with Crippen LogP contribution in [0, 0.1) is 41.4 Å². The van der Waals surface area contributed by atoms with Gasteiger partial charge in [0, 0.05) is 18.4 Å². The molecule has 5 atom stereocenters. The molecule has 8 rings (SSSR count). The standard InChI is InChI=1S/C32H44Cl2N4O6/c33-32(34)21-15-38(25(23(21)32)28(41)36-22(11-16-6-7-16)26(39)27(35)40)29(42)24(20-4-2-1-3-5-20)37-30(43)44-31-12-17-8-18(13-31)10-19(9-17)14-31/h16-25H,1-15H2,(H2,35,40)(H,36,41)(H,37,43)/t17?,18?,19?,21?,22?,23?,24-,25-,31?/m0/s1. The highest BCUT2D eigenvalue weighted by molar-refractivity contribution is 6.51. The minimum absolute atomic E-state index is 0.0865. The molecule has 242 valence electrons. The summed E-state index contributed by atoms with van der Waals surface area (Å²) in [6, 6.07) is -2.94. The summed E-state index contributed by atoms with van der Waals surface area (Å²) in [5.41, 5.74) is 4.85. The Morgan fingerprint density at radius 2 is 1.50 bits per heavy atom. The first kappa shape index (κ1) is 30.6. The van der Waals surface area contributed by atoms with Crippen molar-refractivity contribution < 1.29 is 28.7 Å². The molecule has 12 heteroatoms. The van der Waals surface area contributed by atoms with Crippen LogP contribution in [0.25, 0.3) is 0 Å². The highest BCUT2D eigenvalue weighted by Gasteiger charge is 2.74. The van der Waals surface area contributed by atoms with E-state index < -0.39 is 57.7 Å². The first-order valence-electron chi connectivity index (χ1n) is 16.8. The average molecular weight is 652 g/mol. The minimum atomic E-state index is -1.18. The van der Waals surface area contributed by atoms with E-state index in [4.69, 9.17) is 33.7 Å². The second kappa shape index (κ2) is 11.3. The van der Waals surface area contributed by atoms with Crippen molar-refractivity contribution in [3.8, 4) is 0 Å². The quantitative estimate of drug-likeness (QED) is 0.243. The fraction of sp³-hybridized carbons (Fsp3) is 0.844. The van der Waals surface area contributed by atoms with Gasteiger partial charge in [-0.3, -0.25) is 19.2 Å². The van der Waals surface area contributed by atoms with Crippen molar-refractivity contribution in [2.24, 2.45) is 47.2 Å². The molecule has 1 heterocycles. The SMILES string of the molecule is NC(=O)C(=O)C(CC1CC1)NC(=O)[C@@H]1C2C(CN1C(=O)[C@@H](NC(=O)OC13CC4CC(CC(C4)C1)C3)C1CCCCC1)C2(Cl)Cl. The van der Waals surface area contributed by atoms with Gasteiger partial charge in [0.05, 0.1) is 6.04 Å².